The first-order chi connectivity index (χ1) is 9.76. The maximum Gasteiger partial charge on any atom is 0.501 e. The number of para-hydroxylation sites is 1. The van der Waals surface area contributed by atoms with Gasteiger partial charge in [0.1, 0.15) is 5.75 Å². The molecule has 1 aromatic rings. The minimum atomic E-state index is -2.51. The Morgan fingerprint density at radius 1 is 0.850 bits per heavy atom. The third-order valence-corrected chi connectivity index (χ3v) is 5.88. The van der Waals surface area contributed by atoms with Crippen LogP contribution in [0.25, 0.3) is 0 Å². The minimum Gasteiger partial charge on any atom is -0.494 e. The van der Waals surface area contributed by atoms with Crippen LogP contribution in [0, 0.1) is 0 Å². The van der Waals surface area contributed by atoms with Crippen molar-refractivity contribution in [3.8, 4) is 5.75 Å². The minimum absolute atomic E-state index is 0.617. The predicted octanol–water partition coefficient (Wildman–Crippen LogP) is 3.50. The second kappa shape index (κ2) is 9.93. The van der Waals surface area contributed by atoms with Gasteiger partial charge in [0, 0.05) is 25.9 Å². The van der Waals surface area contributed by atoms with Crippen LogP contribution in [0.4, 0.5) is 0 Å². The van der Waals surface area contributed by atoms with Gasteiger partial charge in [0.25, 0.3) is 0 Å². The fourth-order valence-corrected chi connectivity index (χ4v) is 4.58. The van der Waals surface area contributed by atoms with Crippen LogP contribution in [0.15, 0.2) is 30.3 Å². The lowest BCUT2D eigenvalue weighted by Gasteiger charge is -2.28. The molecule has 0 saturated heterocycles. The molecule has 0 radical (unpaired) electrons. The lowest BCUT2D eigenvalue weighted by Crippen LogP contribution is -2.46. The molecule has 4 nitrogen and oxygen atoms in total. The van der Waals surface area contributed by atoms with E-state index in [1.807, 2.05) is 51.1 Å². The first kappa shape index (κ1) is 17.2. The zero-order valence-electron chi connectivity index (χ0n) is 12.8. The molecule has 0 atom stereocenters. The lowest BCUT2D eigenvalue weighted by atomic mass is 10.3. The highest BCUT2D eigenvalue weighted by molar-refractivity contribution is 6.60. The van der Waals surface area contributed by atoms with E-state index in [4.69, 9.17) is 18.0 Å². The first-order valence-electron chi connectivity index (χ1n) is 7.36. The van der Waals surface area contributed by atoms with Crippen molar-refractivity contribution in [2.24, 2.45) is 0 Å². The first-order valence-corrected chi connectivity index (χ1v) is 9.29. The van der Waals surface area contributed by atoms with E-state index >= 15 is 0 Å². The summed E-state index contributed by atoms with van der Waals surface area (Å²) in [5.41, 5.74) is 0. The maximum atomic E-state index is 5.80. The van der Waals surface area contributed by atoms with Gasteiger partial charge in [-0.3, -0.25) is 0 Å². The van der Waals surface area contributed by atoms with E-state index in [9.17, 15) is 0 Å². The molecule has 0 aromatic heterocycles. The van der Waals surface area contributed by atoms with Crippen molar-refractivity contribution in [3.05, 3.63) is 30.3 Å². The van der Waals surface area contributed by atoms with Crippen molar-refractivity contribution in [3.63, 3.8) is 0 Å². The smallest absolute Gasteiger partial charge is 0.494 e. The van der Waals surface area contributed by atoms with Crippen LogP contribution in [-0.4, -0.2) is 35.2 Å². The van der Waals surface area contributed by atoms with Gasteiger partial charge in [0.05, 0.1) is 6.61 Å². The van der Waals surface area contributed by atoms with Gasteiger partial charge in [0.15, 0.2) is 0 Å². The number of benzene rings is 1. The predicted molar refractivity (Wildman–Crippen MR) is 82.0 cm³/mol. The average molecular weight is 298 g/mol. The highest BCUT2D eigenvalue weighted by atomic mass is 28.4. The molecule has 0 amide bonds. The summed E-state index contributed by atoms with van der Waals surface area (Å²) in [5, 5.41) is 0. The number of hydrogen-bond acceptors (Lipinski definition) is 4. The second-order valence-electron chi connectivity index (χ2n) is 4.25. The van der Waals surface area contributed by atoms with Gasteiger partial charge >= 0.3 is 8.80 Å². The van der Waals surface area contributed by atoms with Gasteiger partial charge in [-0.25, -0.2) is 0 Å². The average Bonchev–Trinajstić information content (AvgIpc) is 2.46. The summed E-state index contributed by atoms with van der Waals surface area (Å²) < 4.78 is 23.1. The van der Waals surface area contributed by atoms with E-state index in [1.165, 1.54) is 0 Å². The topological polar surface area (TPSA) is 36.9 Å². The Bertz CT molecular complexity index is 328. The zero-order valence-corrected chi connectivity index (χ0v) is 13.8. The van der Waals surface area contributed by atoms with Crippen LogP contribution >= 0.6 is 0 Å². The van der Waals surface area contributed by atoms with Crippen molar-refractivity contribution in [2.75, 3.05) is 26.4 Å². The maximum absolute atomic E-state index is 5.80. The van der Waals surface area contributed by atoms with E-state index < -0.39 is 8.80 Å². The Morgan fingerprint density at radius 3 is 1.90 bits per heavy atom. The van der Waals surface area contributed by atoms with Crippen molar-refractivity contribution in [1.29, 1.82) is 0 Å². The van der Waals surface area contributed by atoms with E-state index in [-0.39, 0.29) is 0 Å². The Hall–Kier alpha value is -0.883. The number of rotatable bonds is 11. The van der Waals surface area contributed by atoms with Crippen molar-refractivity contribution < 1.29 is 18.0 Å². The standard InChI is InChI=1S/C15H26O4Si/c1-4-17-20(18-5-2,19-6-3)14-10-13-16-15-11-8-7-9-12-15/h7-9,11-12H,4-6,10,13-14H2,1-3H3. The molecule has 0 aliphatic rings. The van der Waals surface area contributed by atoms with E-state index in [2.05, 4.69) is 0 Å². The molecule has 114 valence electrons. The third-order valence-electron chi connectivity index (χ3n) is 2.73. The van der Waals surface area contributed by atoms with Gasteiger partial charge in [-0.2, -0.15) is 0 Å². The fraction of sp³-hybridized carbons (Fsp3) is 0.600. The molecule has 0 aliphatic carbocycles. The van der Waals surface area contributed by atoms with Crippen LogP contribution < -0.4 is 4.74 Å². The third kappa shape index (κ3) is 6.05. The molecule has 0 aliphatic heterocycles. The van der Waals surface area contributed by atoms with Gasteiger partial charge in [0.2, 0.25) is 0 Å². The van der Waals surface area contributed by atoms with E-state index in [0.29, 0.717) is 26.4 Å². The van der Waals surface area contributed by atoms with E-state index in [1.54, 1.807) is 0 Å². The van der Waals surface area contributed by atoms with Crippen molar-refractivity contribution in [2.45, 2.75) is 33.2 Å². The van der Waals surface area contributed by atoms with Crippen LogP contribution in [0.3, 0.4) is 0 Å². The molecule has 1 aromatic carbocycles. The molecular formula is C15H26O4Si. The SMILES string of the molecule is CCO[Si](CCCOc1ccccc1)(OCC)OCC. The van der Waals surface area contributed by atoms with Gasteiger partial charge < -0.3 is 18.0 Å². The normalized spacial score (nSPS) is 11.6. The summed E-state index contributed by atoms with van der Waals surface area (Å²) in [6.07, 6.45) is 0.862. The molecule has 0 unspecified atom stereocenters. The monoisotopic (exact) mass is 298 g/mol. The summed E-state index contributed by atoms with van der Waals surface area (Å²) in [6.45, 7) is 8.41. The molecule has 0 N–H and O–H groups in total. The molecule has 0 heterocycles. The Kier molecular flexibility index (Phi) is 8.53. The van der Waals surface area contributed by atoms with Crippen molar-refractivity contribution in [1.82, 2.24) is 0 Å². The Morgan fingerprint density at radius 2 is 1.40 bits per heavy atom. The van der Waals surface area contributed by atoms with E-state index in [0.717, 1.165) is 18.2 Å². The summed E-state index contributed by atoms with van der Waals surface area (Å²) in [7, 11) is -2.51. The molecular weight excluding hydrogens is 272 g/mol. The van der Waals surface area contributed by atoms with Crippen LogP contribution in [0.2, 0.25) is 6.04 Å². The van der Waals surface area contributed by atoms with Crippen LogP contribution in [0.1, 0.15) is 27.2 Å². The zero-order chi connectivity index (χ0) is 14.7. The van der Waals surface area contributed by atoms with Gasteiger partial charge in [-0.1, -0.05) is 18.2 Å². The number of ether oxygens (including phenoxy) is 1. The number of hydrogen-bond donors (Lipinski definition) is 0. The van der Waals surface area contributed by atoms with Crippen molar-refractivity contribution >= 4 is 8.80 Å². The second-order valence-corrected chi connectivity index (χ2v) is 6.98. The largest absolute Gasteiger partial charge is 0.501 e. The summed E-state index contributed by atoms with van der Waals surface area (Å²) in [6, 6.07) is 10.6. The van der Waals surface area contributed by atoms with Crippen LogP contribution in [-0.2, 0) is 13.3 Å². The molecule has 0 spiro atoms. The van der Waals surface area contributed by atoms with Gasteiger partial charge in [-0.15, -0.1) is 0 Å². The molecule has 0 bridgehead atoms. The highest BCUT2D eigenvalue weighted by Gasteiger charge is 2.39. The quantitative estimate of drug-likeness (QED) is 0.463. The van der Waals surface area contributed by atoms with Gasteiger partial charge in [-0.05, 0) is 39.3 Å². The molecule has 0 fully saturated rings. The van der Waals surface area contributed by atoms with Crippen LogP contribution in [0.5, 0.6) is 5.75 Å². The molecule has 0 saturated carbocycles. The highest BCUT2D eigenvalue weighted by Crippen LogP contribution is 2.19. The summed E-state index contributed by atoms with van der Waals surface area (Å²) in [4.78, 5) is 0. The molecule has 5 heteroatoms. The summed E-state index contributed by atoms with van der Waals surface area (Å²) >= 11 is 0. The Balaban J connectivity index is 2.40. The summed E-state index contributed by atoms with van der Waals surface area (Å²) in [5.74, 6) is 0.893. The fourth-order valence-electron chi connectivity index (χ4n) is 2.00. The lowest BCUT2D eigenvalue weighted by molar-refractivity contribution is 0.0696. The molecule has 1 rings (SSSR count). The molecule has 20 heavy (non-hydrogen) atoms. The Labute approximate surface area is 123 Å².